The molecule has 0 aliphatic carbocycles. The summed E-state index contributed by atoms with van der Waals surface area (Å²) in [5, 5.41) is 0. The molecule has 1 heterocycles. The first-order chi connectivity index (χ1) is 10.0. The van der Waals surface area contributed by atoms with Crippen LogP contribution in [0.1, 0.15) is 23.2 Å². The third-order valence-corrected chi connectivity index (χ3v) is 3.94. The molecule has 0 spiro atoms. The molecule has 116 valence electrons. The van der Waals surface area contributed by atoms with Crippen molar-refractivity contribution in [3.05, 3.63) is 23.8 Å². The molecule has 5 heteroatoms. The lowest BCUT2D eigenvalue weighted by atomic mass is 9.98. The highest BCUT2D eigenvalue weighted by Gasteiger charge is 2.26. The van der Waals surface area contributed by atoms with Crippen molar-refractivity contribution in [2.24, 2.45) is 5.92 Å². The molecule has 21 heavy (non-hydrogen) atoms. The second-order valence-electron chi connectivity index (χ2n) is 5.89. The van der Waals surface area contributed by atoms with Crippen molar-refractivity contribution in [1.82, 2.24) is 4.90 Å². The molecule has 1 amide bonds. The van der Waals surface area contributed by atoms with Gasteiger partial charge in [0, 0.05) is 45.7 Å². The molecule has 0 radical (unpaired) electrons. The van der Waals surface area contributed by atoms with E-state index >= 15 is 0 Å². The summed E-state index contributed by atoms with van der Waals surface area (Å²) in [5.74, 6) is 0.489. The number of anilines is 2. The SMILES string of the molecule is COCC1CCCN(C(=O)c2cc(N)ccc2N(C)C)C1. The molecule has 0 bridgehead atoms. The predicted octanol–water partition coefficient (Wildman–Crippen LogP) is 1.83. The first kappa shape index (κ1) is 15.6. The van der Waals surface area contributed by atoms with Gasteiger partial charge < -0.3 is 20.3 Å². The van der Waals surface area contributed by atoms with E-state index in [0.717, 1.165) is 31.6 Å². The van der Waals surface area contributed by atoms with Crippen LogP contribution in [0.5, 0.6) is 0 Å². The fraction of sp³-hybridized carbons (Fsp3) is 0.562. The van der Waals surface area contributed by atoms with Gasteiger partial charge in [-0.15, -0.1) is 0 Å². The number of ether oxygens (including phenoxy) is 1. The summed E-state index contributed by atoms with van der Waals surface area (Å²) in [6.45, 7) is 2.27. The van der Waals surface area contributed by atoms with E-state index < -0.39 is 0 Å². The molecule has 1 aromatic rings. The fourth-order valence-electron chi connectivity index (χ4n) is 2.91. The van der Waals surface area contributed by atoms with Crippen molar-refractivity contribution in [3.8, 4) is 0 Å². The molecule has 1 fully saturated rings. The van der Waals surface area contributed by atoms with E-state index in [1.165, 1.54) is 0 Å². The monoisotopic (exact) mass is 291 g/mol. The molecular formula is C16H25N3O2. The minimum absolute atomic E-state index is 0.0619. The molecule has 5 nitrogen and oxygen atoms in total. The quantitative estimate of drug-likeness (QED) is 0.860. The van der Waals surface area contributed by atoms with Crippen LogP contribution in [-0.4, -0.2) is 51.7 Å². The maximum Gasteiger partial charge on any atom is 0.256 e. The van der Waals surface area contributed by atoms with E-state index in [0.29, 0.717) is 23.8 Å². The summed E-state index contributed by atoms with van der Waals surface area (Å²) in [5.41, 5.74) is 8.06. The number of benzene rings is 1. The maximum absolute atomic E-state index is 12.8. The average Bonchev–Trinajstić information content (AvgIpc) is 2.46. The first-order valence-electron chi connectivity index (χ1n) is 7.38. The van der Waals surface area contributed by atoms with Gasteiger partial charge in [-0.05, 0) is 37.0 Å². The van der Waals surface area contributed by atoms with Gasteiger partial charge in [0.25, 0.3) is 5.91 Å². The van der Waals surface area contributed by atoms with Gasteiger partial charge in [0.2, 0.25) is 0 Å². The summed E-state index contributed by atoms with van der Waals surface area (Å²) in [6, 6.07) is 5.51. The summed E-state index contributed by atoms with van der Waals surface area (Å²) in [7, 11) is 5.58. The topological polar surface area (TPSA) is 58.8 Å². The van der Waals surface area contributed by atoms with Crippen LogP contribution >= 0.6 is 0 Å². The Bertz CT molecular complexity index is 500. The summed E-state index contributed by atoms with van der Waals surface area (Å²) >= 11 is 0. The average molecular weight is 291 g/mol. The van der Waals surface area contributed by atoms with Gasteiger partial charge in [-0.3, -0.25) is 4.79 Å². The van der Waals surface area contributed by atoms with E-state index in [4.69, 9.17) is 10.5 Å². The number of carbonyl (C=O) groups excluding carboxylic acids is 1. The van der Waals surface area contributed by atoms with Gasteiger partial charge in [-0.25, -0.2) is 0 Å². The van der Waals surface area contributed by atoms with Gasteiger partial charge in [0.1, 0.15) is 0 Å². The third-order valence-electron chi connectivity index (χ3n) is 3.94. The minimum Gasteiger partial charge on any atom is -0.399 e. The zero-order valence-electron chi connectivity index (χ0n) is 13.1. The lowest BCUT2D eigenvalue weighted by Gasteiger charge is -2.33. The molecular weight excluding hydrogens is 266 g/mol. The van der Waals surface area contributed by atoms with Crippen molar-refractivity contribution in [2.45, 2.75) is 12.8 Å². The van der Waals surface area contributed by atoms with E-state index in [-0.39, 0.29) is 5.91 Å². The summed E-state index contributed by atoms with van der Waals surface area (Å²) in [6.07, 6.45) is 2.15. The van der Waals surface area contributed by atoms with E-state index in [1.54, 1.807) is 13.2 Å². The molecule has 0 aromatic heterocycles. The van der Waals surface area contributed by atoms with Gasteiger partial charge in [-0.1, -0.05) is 0 Å². The van der Waals surface area contributed by atoms with Gasteiger partial charge in [-0.2, -0.15) is 0 Å². The molecule has 1 aliphatic heterocycles. The van der Waals surface area contributed by atoms with Crippen LogP contribution < -0.4 is 10.6 Å². The highest BCUT2D eigenvalue weighted by atomic mass is 16.5. The van der Waals surface area contributed by atoms with Crippen LogP contribution in [-0.2, 0) is 4.74 Å². The summed E-state index contributed by atoms with van der Waals surface area (Å²) in [4.78, 5) is 16.7. The zero-order valence-corrected chi connectivity index (χ0v) is 13.1. The van der Waals surface area contributed by atoms with Crippen LogP contribution in [0.3, 0.4) is 0 Å². The number of nitrogen functional groups attached to an aromatic ring is 1. The van der Waals surface area contributed by atoms with Crippen LogP contribution in [0.4, 0.5) is 11.4 Å². The lowest BCUT2D eigenvalue weighted by Crippen LogP contribution is -2.41. The number of nitrogens with two attached hydrogens (primary N) is 1. The molecule has 1 aromatic carbocycles. The van der Waals surface area contributed by atoms with E-state index in [2.05, 4.69) is 0 Å². The number of piperidine rings is 1. The van der Waals surface area contributed by atoms with E-state index in [1.807, 2.05) is 36.0 Å². The van der Waals surface area contributed by atoms with Gasteiger partial charge in [0.05, 0.1) is 12.2 Å². The number of likely N-dealkylation sites (tertiary alicyclic amines) is 1. The smallest absolute Gasteiger partial charge is 0.256 e. The Morgan fingerprint density at radius 3 is 2.90 bits per heavy atom. The first-order valence-corrected chi connectivity index (χ1v) is 7.38. The zero-order chi connectivity index (χ0) is 15.4. The van der Waals surface area contributed by atoms with Crippen molar-refractivity contribution in [2.75, 3.05) is 51.5 Å². The molecule has 1 aliphatic rings. The molecule has 1 unspecified atom stereocenters. The van der Waals surface area contributed by atoms with Crippen molar-refractivity contribution in [3.63, 3.8) is 0 Å². The highest BCUT2D eigenvalue weighted by Crippen LogP contribution is 2.25. The minimum atomic E-state index is 0.0619. The number of methoxy groups -OCH3 is 1. The normalized spacial score (nSPS) is 18.6. The molecule has 0 saturated carbocycles. The standard InChI is InChI=1S/C16H25N3O2/c1-18(2)15-7-6-13(17)9-14(15)16(20)19-8-4-5-12(10-19)11-21-3/h6-7,9,12H,4-5,8,10-11,17H2,1-3H3. The summed E-state index contributed by atoms with van der Waals surface area (Å²) < 4.78 is 5.23. The van der Waals surface area contributed by atoms with Crippen LogP contribution in [0.2, 0.25) is 0 Å². The Kier molecular flexibility index (Phi) is 5.07. The Balaban J connectivity index is 2.21. The number of hydrogen-bond donors (Lipinski definition) is 1. The van der Waals surface area contributed by atoms with E-state index in [9.17, 15) is 4.79 Å². The van der Waals surface area contributed by atoms with Crippen LogP contribution in [0, 0.1) is 5.92 Å². The van der Waals surface area contributed by atoms with Gasteiger partial charge in [0.15, 0.2) is 0 Å². The molecule has 1 atom stereocenters. The Hall–Kier alpha value is -1.75. The maximum atomic E-state index is 12.8. The lowest BCUT2D eigenvalue weighted by molar-refractivity contribution is 0.0571. The van der Waals surface area contributed by atoms with Crippen molar-refractivity contribution < 1.29 is 9.53 Å². The molecule has 2 N–H and O–H groups in total. The van der Waals surface area contributed by atoms with Crippen LogP contribution in [0.15, 0.2) is 18.2 Å². The Morgan fingerprint density at radius 2 is 2.24 bits per heavy atom. The Morgan fingerprint density at radius 1 is 1.48 bits per heavy atom. The van der Waals surface area contributed by atoms with Crippen LogP contribution in [0.25, 0.3) is 0 Å². The fourth-order valence-corrected chi connectivity index (χ4v) is 2.91. The number of amides is 1. The number of rotatable bonds is 4. The van der Waals surface area contributed by atoms with Crippen molar-refractivity contribution >= 4 is 17.3 Å². The number of nitrogens with zero attached hydrogens (tertiary/aromatic N) is 2. The van der Waals surface area contributed by atoms with Crippen molar-refractivity contribution in [1.29, 1.82) is 0 Å². The molecule has 2 rings (SSSR count). The third kappa shape index (κ3) is 3.67. The largest absolute Gasteiger partial charge is 0.399 e. The Labute approximate surface area is 126 Å². The number of hydrogen-bond acceptors (Lipinski definition) is 4. The number of carbonyl (C=O) groups is 1. The second-order valence-corrected chi connectivity index (χ2v) is 5.89. The second kappa shape index (κ2) is 6.80. The highest BCUT2D eigenvalue weighted by molar-refractivity contribution is 6.00. The molecule has 1 saturated heterocycles. The van der Waals surface area contributed by atoms with Gasteiger partial charge >= 0.3 is 0 Å². The predicted molar refractivity (Wildman–Crippen MR) is 85.7 cm³/mol.